The predicted molar refractivity (Wildman–Crippen MR) is 95.9 cm³/mol. The van der Waals surface area contributed by atoms with E-state index in [2.05, 4.69) is 13.0 Å². The van der Waals surface area contributed by atoms with Crippen molar-refractivity contribution in [3.63, 3.8) is 0 Å². The van der Waals surface area contributed by atoms with E-state index in [9.17, 15) is 9.90 Å². The number of aryl methyl sites for hydroxylation is 1. The summed E-state index contributed by atoms with van der Waals surface area (Å²) in [7, 11) is 0. The van der Waals surface area contributed by atoms with E-state index in [0.717, 1.165) is 48.8 Å². The van der Waals surface area contributed by atoms with E-state index in [1.807, 2.05) is 32.0 Å². The molecule has 1 aliphatic rings. The lowest BCUT2D eigenvalue weighted by molar-refractivity contribution is 0.365. The molecule has 3 heteroatoms. The Hall–Kier alpha value is -2.03. The zero-order valence-electron chi connectivity index (χ0n) is 14.8. The van der Waals surface area contributed by atoms with Crippen molar-refractivity contribution in [2.75, 3.05) is 0 Å². The van der Waals surface area contributed by atoms with E-state index in [1.165, 1.54) is 0 Å². The van der Waals surface area contributed by atoms with Crippen LogP contribution >= 0.6 is 0 Å². The third-order valence-electron chi connectivity index (χ3n) is 5.25. The molecule has 2 aromatic rings. The molecule has 1 aromatic heterocycles. The SMILES string of the molecule is Cc1cccc(C(C)c2c(O)c3c(oc2=O)C(C)CCCCC3)c1. The fraction of sp³-hybridized carbons (Fsp3) is 0.476. The quantitative estimate of drug-likeness (QED) is 0.842. The molecule has 0 bridgehead atoms. The Kier molecular flexibility index (Phi) is 4.79. The smallest absolute Gasteiger partial charge is 0.343 e. The fourth-order valence-electron chi connectivity index (χ4n) is 3.78. The standard InChI is InChI=1S/C21H26O3/c1-13-8-7-10-16(12-13)15(3)18-19(22)17-11-6-4-5-9-14(2)20(17)24-21(18)23/h7-8,10,12,14-15,22H,4-6,9,11H2,1-3H3. The summed E-state index contributed by atoms with van der Waals surface area (Å²) in [5, 5.41) is 10.9. The van der Waals surface area contributed by atoms with Crippen molar-refractivity contribution in [2.45, 2.75) is 64.7 Å². The van der Waals surface area contributed by atoms with Gasteiger partial charge in [-0.3, -0.25) is 0 Å². The number of rotatable bonds is 2. The first-order valence-corrected chi connectivity index (χ1v) is 8.94. The van der Waals surface area contributed by atoms with Gasteiger partial charge >= 0.3 is 5.63 Å². The Labute approximate surface area is 143 Å². The van der Waals surface area contributed by atoms with Crippen LogP contribution in [0.25, 0.3) is 0 Å². The second kappa shape index (κ2) is 6.84. The van der Waals surface area contributed by atoms with Gasteiger partial charge in [-0.25, -0.2) is 4.79 Å². The molecule has 3 rings (SSSR count). The minimum Gasteiger partial charge on any atom is -0.507 e. The maximum Gasteiger partial charge on any atom is 0.343 e. The molecular formula is C21H26O3. The highest BCUT2D eigenvalue weighted by molar-refractivity contribution is 5.46. The summed E-state index contributed by atoms with van der Waals surface area (Å²) in [5.41, 5.74) is 3.01. The Balaban J connectivity index is 2.12. The van der Waals surface area contributed by atoms with Crippen molar-refractivity contribution < 1.29 is 9.52 Å². The molecule has 3 nitrogen and oxygen atoms in total. The third-order valence-corrected chi connectivity index (χ3v) is 5.25. The monoisotopic (exact) mass is 326 g/mol. The maximum absolute atomic E-state index is 12.6. The maximum atomic E-state index is 12.6. The van der Waals surface area contributed by atoms with Gasteiger partial charge in [-0.15, -0.1) is 0 Å². The molecule has 0 aliphatic heterocycles. The Morgan fingerprint density at radius 2 is 2.04 bits per heavy atom. The summed E-state index contributed by atoms with van der Waals surface area (Å²) in [4.78, 5) is 12.6. The van der Waals surface area contributed by atoms with Gasteiger partial charge in [0.15, 0.2) is 0 Å². The van der Waals surface area contributed by atoms with Crippen LogP contribution in [0.5, 0.6) is 5.75 Å². The first-order valence-electron chi connectivity index (χ1n) is 8.94. The van der Waals surface area contributed by atoms with Crippen LogP contribution in [0.2, 0.25) is 0 Å². The van der Waals surface area contributed by atoms with E-state index in [-0.39, 0.29) is 17.6 Å². The van der Waals surface area contributed by atoms with Crippen LogP contribution in [-0.4, -0.2) is 5.11 Å². The minimum atomic E-state index is -0.396. The third kappa shape index (κ3) is 3.12. The predicted octanol–water partition coefficient (Wildman–Crippen LogP) is 5.03. The van der Waals surface area contributed by atoms with Crippen molar-refractivity contribution >= 4 is 0 Å². The number of hydrogen-bond acceptors (Lipinski definition) is 3. The molecule has 1 aliphatic carbocycles. The van der Waals surface area contributed by atoms with E-state index in [4.69, 9.17) is 4.42 Å². The summed E-state index contributed by atoms with van der Waals surface area (Å²) >= 11 is 0. The van der Waals surface area contributed by atoms with Gasteiger partial charge in [0.25, 0.3) is 0 Å². The molecule has 0 radical (unpaired) electrons. The van der Waals surface area contributed by atoms with Crippen LogP contribution in [0.3, 0.4) is 0 Å². The van der Waals surface area contributed by atoms with E-state index in [1.54, 1.807) is 0 Å². The highest BCUT2D eigenvalue weighted by Crippen LogP contribution is 2.38. The molecule has 0 spiro atoms. The molecule has 2 atom stereocenters. The lowest BCUT2D eigenvalue weighted by Gasteiger charge is -2.22. The molecule has 1 aromatic carbocycles. The first kappa shape index (κ1) is 16.8. The fourth-order valence-corrected chi connectivity index (χ4v) is 3.78. The zero-order valence-corrected chi connectivity index (χ0v) is 14.8. The molecule has 2 unspecified atom stereocenters. The van der Waals surface area contributed by atoms with Gasteiger partial charge in [-0.1, -0.05) is 56.5 Å². The second-order valence-corrected chi connectivity index (χ2v) is 7.13. The van der Waals surface area contributed by atoms with Crippen LogP contribution in [0.15, 0.2) is 33.5 Å². The average Bonchev–Trinajstić information content (AvgIpc) is 2.53. The molecule has 24 heavy (non-hydrogen) atoms. The Morgan fingerprint density at radius 1 is 1.25 bits per heavy atom. The molecule has 0 saturated carbocycles. The molecule has 0 amide bonds. The van der Waals surface area contributed by atoms with Crippen LogP contribution in [-0.2, 0) is 6.42 Å². The molecule has 1 N–H and O–H groups in total. The number of benzene rings is 1. The largest absolute Gasteiger partial charge is 0.507 e. The summed E-state index contributed by atoms with van der Waals surface area (Å²) < 4.78 is 5.72. The normalized spacial score (nSPS) is 19.2. The molecule has 1 heterocycles. The topological polar surface area (TPSA) is 50.4 Å². The Bertz CT molecular complexity index is 788. The Morgan fingerprint density at radius 3 is 2.79 bits per heavy atom. The highest BCUT2D eigenvalue weighted by Gasteiger charge is 2.27. The molecule has 128 valence electrons. The zero-order chi connectivity index (χ0) is 17.3. The van der Waals surface area contributed by atoms with Gasteiger partial charge in [-0.05, 0) is 31.7 Å². The van der Waals surface area contributed by atoms with Crippen molar-refractivity contribution in [1.29, 1.82) is 0 Å². The minimum absolute atomic E-state index is 0.156. The lowest BCUT2D eigenvalue weighted by atomic mass is 9.86. The van der Waals surface area contributed by atoms with Gasteiger partial charge in [0.1, 0.15) is 11.5 Å². The lowest BCUT2D eigenvalue weighted by Crippen LogP contribution is -2.17. The number of fused-ring (bicyclic) bond motifs is 1. The van der Waals surface area contributed by atoms with Gasteiger partial charge in [0.05, 0.1) is 5.56 Å². The van der Waals surface area contributed by atoms with Crippen LogP contribution in [0.4, 0.5) is 0 Å². The van der Waals surface area contributed by atoms with Gasteiger partial charge in [0.2, 0.25) is 0 Å². The van der Waals surface area contributed by atoms with Crippen molar-refractivity contribution in [2.24, 2.45) is 0 Å². The van der Waals surface area contributed by atoms with Crippen molar-refractivity contribution in [1.82, 2.24) is 0 Å². The van der Waals surface area contributed by atoms with Crippen LogP contribution < -0.4 is 5.63 Å². The van der Waals surface area contributed by atoms with Crippen molar-refractivity contribution in [3.8, 4) is 5.75 Å². The molecular weight excluding hydrogens is 300 g/mol. The van der Waals surface area contributed by atoms with Gasteiger partial charge < -0.3 is 9.52 Å². The summed E-state index contributed by atoms with van der Waals surface area (Å²) in [6.45, 7) is 6.07. The van der Waals surface area contributed by atoms with E-state index >= 15 is 0 Å². The number of hydrogen-bond donors (Lipinski definition) is 1. The average molecular weight is 326 g/mol. The summed E-state index contributed by atoms with van der Waals surface area (Å²) in [6.07, 6.45) is 5.11. The van der Waals surface area contributed by atoms with Gasteiger partial charge in [0, 0.05) is 17.4 Å². The van der Waals surface area contributed by atoms with Crippen molar-refractivity contribution in [3.05, 3.63) is 62.7 Å². The molecule has 0 fully saturated rings. The van der Waals surface area contributed by atoms with Crippen LogP contribution in [0.1, 0.15) is 79.4 Å². The first-order chi connectivity index (χ1) is 11.5. The molecule has 0 saturated heterocycles. The second-order valence-electron chi connectivity index (χ2n) is 7.13. The highest BCUT2D eigenvalue weighted by atomic mass is 16.4. The summed E-state index contributed by atoms with van der Waals surface area (Å²) in [5.74, 6) is 0.843. The van der Waals surface area contributed by atoms with E-state index < -0.39 is 5.63 Å². The number of aromatic hydroxyl groups is 1. The summed E-state index contributed by atoms with van der Waals surface area (Å²) in [6, 6.07) is 8.06. The van der Waals surface area contributed by atoms with Gasteiger partial charge in [-0.2, -0.15) is 0 Å². The van der Waals surface area contributed by atoms with E-state index in [0.29, 0.717) is 11.3 Å². The van der Waals surface area contributed by atoms with Crippen LogP contribution in [0, 0.1) is 6.92 Å².